The lowest BCUT2D eigenvalue weighted by molar-refractivity contribution is -0.143. The number of para-hydroxylation sites is 1. The highest BCUT2D eigenvalue weighted by atomic mass is 16.5. The van der Waals surface area contributed by atoms with E-state index < -0.39 is 5.92 Å². The average Bonchev–Trinajstić information content (AvgIpc) is 2.93. The van der Waals surface area contributed by atoms with Crippen molar-refractivity contribution in [3.63, 3.8) is 0 Å². The first-order valence-electron chi connectivity index (χ1n) is 7.28. The summed E-state index contributed by atoms with van der Waals surface area (Å²) < 4.78 is 4.99. The van der Waals surface area contributed by atoms with Crippen molar-refractivity contribution in [2.24, 2.45) is 11.0 Å². The second kappa shape index (κ2) is 6.02. The lowest BCUT2D eigenvalue weighted by Gasteiger charge is -2.23. The van der Waals surface area contributed by atoms with Crippen LogP contribution in [0.5, 0.6) is 0 Å². The van der Waals surface area contributed by atoms with Crippen LogP contribution in [0.25, 0.3) is 0 Å². The third kappa shape index (κ3) is 2.48. The summed E-state index contributed by atoms with van der Waals surface area (Å²) in [6, 6.07) is 19.6. The average molecular weight is 294 g/mol. The number of benzene rings is 2. The third-order valence-corrected chi connectivity index (χ3v) is 3.92. The Kier molecular flexibility index (Phi) is 3.92. The molecular formula is C18H18N2O2. The molecule has 0 unspecified atom stereocenters. The zero-order valence-corrected chi connectivity index (χ0v) is 12.6. The van der Waals surface area contributed by atoms with Gasteiger partial charge in [0.25, 0.3) is 0 Å². The van der Waals surface area contributed by atoms with E-state index in [1.165, 1.54) is 7.11 Å². The molecule has 0 aromatic heterocycles. The van der Waals surface area contributed by atoms with Gasteiger partial charge >= 0.3 is 5.97 Å². The summed E-state index contributed by atoms with van der Waals surface area (Å²) in [4.78, 5) is 12.3. The smallest absolute Gasteiger partial charge is 0.317 e. The molecule has 2 aromatic carbocycles. The topological polar surface area (TPSA) is 41.9 Å². The zero-order valence-electron chi connectivity index (χ0n) is 12.6. The Bertz CT molecular complexity index is 683. The standard InChI is InChI=1S/C18H18N2O2/c1-13-16(18(21)22-2)17(14-9-5-3-6-10-14)19-20(13)15-11-7-4-8-12-15/h3-13,16H,1-2H3/t13-,16-/m1/s1. The summed E-state index contributed by atoms with van der Waals surface area (Å²) in [7, 11) is 1.42. The third-order valence-electron chi connectivity index (χ3n) is 3.92. The van der Waals surface area contributed by atoms with Gasteiger partial charge in [0.1, 0.15) is 5.92 Å². The van der Waals surface area contributed by atoms with Crippen molar-refractivity contribution in [3.05, 3.63) is 66.2 Å². The second-order valence-corrected chi connectivity index (χ2v) is 5.27. The van der Waals surface area contributed by atoms with E-state index in [0.717, 1.165) is 17.0 Å². The number of methoxy groups -OCH3 is 1. The van der Waals surface area contributed by atoms with Gasteiger partial charge in [0.2, 0.25) is 0 Å². The number of hydrazone groups is 1. The second-order valence-electron chi connectivity index (χ2n) is 5.27. The molecule has 2 aromatic rings. The fourth-order valence-corrected chi connectivity index (χ4v) is 2.79. The molecule has 0 amide bonds. The summed E-state index contributed by atoms with van der Waals surface area (Å²) in [5.74, 6) is -0.652. The van der Waals surface area contributed by atoms with E-state index in [1.807, 2.05) is 72.6 Å². The van der Waals surface area contributed by atoms with Gasteiger partial charge < -0.3 is 4.74 Å². The highest BCUT2D eigenvalue weighted by Crippen LogP contribution is 2.31. The molecule has 0 bridgehead atoms. The van der Waals surface area contributed by atoms with Crippen molar-refractivity contribution in [1.82, 2.24) is 0 Å². The molecule has 0 aliphatic carbocycles. The Hall–Kier alpha value is -2.62. The van der Waals surface area contributed by atoms with Gasteiger partial charge in [-0.05, 0) is 24.6 Å². The molecule has 0 N–H and O–H groups in total. The molecule has 3 rings (SSSR count). The van der Waals surface area contributed by atoms with Crippen LogP contribution < -0.4 is 5.01 Å². The van der Waals surface area contributed by atoms with Gasteiger partial charge in [0, 0.05) is 0 Å². The van der Waals surface area contributed by atoms with Crippen LogP contribution in [-0.2, 0) is 9.53 Å². The van der Waals surface area contributed by atoms with Crippen molar-refractivity contribution in [1.29, 1.82) is 0 Å². The number of anilines is 1. The van der Waals surface area contributed by atoms with Gasteiger partial charge in [-0.15, -0.1) is 0 Å². The lowest BCUT2D eigenvalue weighted by atomic mass is 9.92. The molecule has 112 valence electrons. The maximum atomic E-state index is 12.3. The van der Waals surface area contributed by atoms with Gasteiger partial charge in [-0.2, -0.15) is 5.10 Å². The maximum Gasteiger partial charge on any atom is 0.317 e. The van der Waals surface area contributed by atoms with Crippen LogP contribution in [0.15, 0.2) is 65.8 Å². The molecule has 4 heteroatoms. The molecule has 22 heavy (non-hydrogen) atoms. The van der Waals surface area contributed by atoms with E-state index in [2.05, 4.69) is 0 Å². The predicted molar refractivity (Wildman–Crippen MR) is 86.9 cm³/mol. The Balaban J connectivity index is 2.05. The number of ether oxygens (including phenoxy) is 1. The quantitative estimate of drug-likeness (QED) is 0.817. The maximum absolute atomic E-state index is 12.3. The van der Waals surface area contributed by atoms with Crippen LogP contribution in [0.1, 0.15) is 12.5 Å². The van der Waals surface area contributed by atoms with Gasteiger partial charge in [-0.3, -0.25) is 9.80 Å². The van der Waals surface area contributed by atoms with Gasteiger partial charge in [0.15, 0.2) is 0 Å². The number of nitrogens with zero attached hydrogens (tertiary/aromatic N) is 2. The fraction of sp³-hybridized carbons (Fsp3) is 0.222. The summed E-state index contributed by atoms with van der Waals surface area (Å²) in [6.07, 6.45) is 0. The monoisotopic (exact) mass is 294 g/mol. The molecule has 0 fully saturated rings. The van der Waals surface area contributed by atoms with Crippen LogP contribution in [0.4, 0.5) is 5.69 Å². The summed E-state index contributed by atoms with van der Waals surface area (Å²) in [5.41, 5.74) is 2.67. The van der Waals surface area contributed by atoms with Crippen molar-refractivity contribution >= 4 is 17.4 Å². The first-order chi connectivity index (χ1) is 10.7. The Morgan fingerprint density at radius 2 is 1.64 bits per heavy atom. The molecular weight excluding hydrogens is 276 g/mol. The fourth-order valence-electron chi connectivity index (χ4n) is 2.79. The molecule has 0 radical (unpaired) electrons. The number of carbonyl (C=O) groups is 1. The van der Waals surface area contributed by atoms with Crippen molar-refractivity contribution < 1.29 is 9.53 Å². The van der Waals surface area contributed by atoms with Gasteiger partial charge in [-0.1, -0.05) is 48.5 Å². The summed E-state index contributed by atoms with van der Waals surface area (Å²) >= 11 is 0. The minimum atomic E-state index is -0.396. The molecule has 4 nitrogen and oxygen atoms in total. The molecule has 0 saturated heterocycles. The van der Waals surface area contributed by atoms with E-state index in [9.17, 15) is 4.79 Å². The minimum Gasteiger partial charge on any atom is -0.468 e. The Morgan fingerprint density at radius 3 is 2.23 bits per heavy atom. The molecule has 1 heterocycles. The first kappa shape index (κ1) is 14.3. The highest BCUT2D eigenvalue weighted by molar-refractivity contribution is 6.14. The van der Waals surface area contributed by atoms with E-state index >= 15 is 0 Å². The van der Waals surface area contributed by atoms with Crippen molar-refractivity contribution in [3.8, 4) is 0 Å². The highest BCUT2D eigenvalue weighted by Gasteiger charge is 2.41. The zero-order chi connectivity index (χ0) is 15.5. The molecule has 0 spiro atoms. The summed E-state index contributed by atoms with van der Waals surface area (Å²) in [5, 5.41) is 6.60. The predicted octanol–water partition coefficient (Wildman–Crippen LogP) is 3.09. The van der Waals surface area contributed by atoms with E-state index in [-0.39, 0.29) is 12.0 Å². The van der Waals surface area contributed by atoms with Crippen LogP contribution in [0.2, 0.25) is 0 Å². The lowest BCUT2D eigenvalue weighted by Crippen LogP contribution is -2.36. The minimum absolute atomic E-state index is 0.0925. The number of carbonyl (C=O) groups excluding carboxylic acids is 1. The normalized spacial score (nSPS) is 20.6. The van der Waals surface area contributed by atoms with Crippen LogP contribution in [-0.4, -0.2) is 24.8 Å². The first-order valence-corrected chi connectivity index (χ1v) is 7.28. The molecule has 0 saturated carbocycles. The Morgan fingerprint density at radius 1 is 1.05 bits per heavy atom. The van der Waals surface area contributed by atoms with Crippen LogP contribution in [0, 0.1) is 5.92 Å². The number of hydrogen-bond acceptors (Lipinski definition) is 4. The van der Waals surface area contributed by atoms with E-state index in [4.69, 9.17) is 9.84 Å². The SMILES string of the molecule is COC(=O)[C@H]1C(c2ccccc2)=NN(c2ccccc2)[C@@H]1C. The number of rotatable bonds is 3. The van der Waals surface area contributed by atoms with Crippen molar-refractivity contribution in [2.45, 2.75) is 13.0 Å². The van der Waals surface area contributed by atoms with Gasteiger partial charge in [-0.25, -0.2) is 0 Å². The molecule has 1 aliphatic rings. The van der Waals surface area contributed by atoms with E-state index in [0.29, 0.717) is 0 Å². The number of esters is 1. The molecule has 2 atom stereocenters. The van der Waals surface area contributed by atoms with Crippen LogP contribution in [0.3, 0.4) is 0 Å². The molecule has 1 aliphatic heterocycles. The van der Waals surface area contributed by atoms with Crippen LogP contribution >= 0.6 is 0 Å². The number of hydrogen-bond donors (Lipinski definition) is 0. The Labute approximate surface area is 130 Å². The summed E-state index contributed by atoms with van der Waals surface area (Å²) in [6.45, 7) is 1.99. The van der Waals surface area contributed by atoms with E-state index in [1.54, 1.807) is 0 Å². The van der Waals surface area contributed by atoms with Crippen molar-refractivity contribution in [2.75, 3.05) is 12.1 Å². The largest absolute Gasteiger partial charge is 0.468 e. The van der Waals surface area contributed by atoms with Gasteiger partial charge in [0.05, 0.1) is 24.6 Å².